The molecule has 0 fully saturated rings. The van der Waals surface area contributed by atoms with E-state index in [9.17, 15) is 0 Å². The monoisotopic (exact) mass is 181 g/mol. The zero-order chi connectivity index (χ0) is 9.68. The number of pyridine rings is 1. The molecule has 13 heavy (non-hydrogen) atoms. The molecule has 1 atom stereocenters. The van der Waals surface area contributed by atoms with Crippen LogP contribution in [0.2, 0.25) is 0 Å². The van der Waals surface area contributed by atoms with Gasteiger partial charge in [-0.25, -0.2) is 0 Å². The summed E-state index contributed by atoms with van der Waals surface area (Å²) in [6, 6.07) is 2.05. The summed E-state index contributed by atoms with van der Waals surface area (Å²) in [5.41, 5.74) is 7.09. The fraction of sp³-hybridized carbons (Fsp3) is 0.444. The van der Waals surface area contributed by atoms with E-state index < -0.39 is 0 Å². The molecule has 0 amide bonds. The number of hydrogen-bond donors (Lipinski definition) is 3. The van der Waals surface area contributed by atoms with Crippen LogP contribution in [0.15, 0.2) is 18.5 Å². The molecular weight excluding hydrogens is 166 g/mol. The lowest BCUT2D eigenvalue weighted by Crippen LogP contribution is -2.16. The van der Waals surface area contributed by atoms with E-state index in [4.69, 9.17) is 10.8 Å². The molecule has 0 aliphatic carbocycles. The van der Waals surface area contributed by atoms with Crippen LogP contribution in [0.3, 0.4) is 0 Å². The normalized spacial score (nSPS) is 12.5. The van der Waals surface area contributed by atoms with Crippen molar-refractivity contribution in [1.29, 1.82) is 0 Å². The standard InChI is InChI=1S/C9H15N3O/c1-7(2-3-13)12-9-4-8(10)5-11-6-9/h4-7,12-13H,2-3,10H2,1H3. The Hall–Kier alpha value is -1.29. The molecule has 4 heteroatoms. The lowest BCUT2D eigenvalue weighted by Gasteiger charge is -2.13. The minimum Gasteiger partial charge on any atom is -0.397 e. The third-order valence-corrected chi connectivity index (χ3v) is 1.73. The summed E-state index contributed by atoms with van der Waals surface area (Å²) in [6.45, 7) is 2.18. The van der Waals surface area contributed by atoms with Crippen LogP contribution in [0, 0.1) is 0 Å². The van der Waals surface area contributed by atoms with E-state index in [2.05, 4.69) is 10.3 Å². The van der Waals surface area contributed by atoms with Gasteiger partial charge in [-0.1, -0.05) is 0 Å². The molecule has 0 aromatic carbocycles. The molecule has 0 bridgehead atoms. The second-order valence-electron chi connectivity index (χ2n) is 3.06. The Morgan fingerprint density at radius 3 is 3.00 bits per heavy atom. The Kier molecular flexibility index (Phi) is 3.52. The third-order valence-electron chi connectivity index (χ3n) is 1.73. The van der Waals surface area contributed by atoms with Gasteiger partial charge in [-0.3, -0.25) is 4.98 Å². The Morgan fingerprint density at radius 1 is 1.62 bits per heavy atom. The van der Waals surface area contributed by atoms with Crippen molar-refractivity contribution >= 4 is 11.4 Å². The van der Waals surface area contributed by atoms with Gasteiger partial charge in [0, 0.05) is 18.8 Å². The molecule has 72 valence electrons. The minimum atomic E-state index is 0.184. The maximum atomic E-state index is 8.69. The van der Waals surface area contributed by atoms with Crippen LogP contribution in [0.5, 0.6) is 0 Å². The summed E-state index contributed by atoms with van der Waals surface area (Å²) in [6.07, 6.45) is 4.03. The van der Waals surface area contributed by atoms with Crippen LogP contribution >= 0.6 is 0 Å². The largest absolute Gasteiger partial charge is 0.397 e. The summed E-state index contributed by atoms with van der Waals surface area (Å²) in [4.78, 5) is 3.95. The SMILES string of the molecule is CC(CCO)Nc1cncc(N)c1. The number of nitrogens with one attached hydrogen (secondary N) is 1. The van der Waals surface area contributed by atoms with Gasteiger partial charge in [-0.15, -0.1) is 0 Å². The minimum absolute atomic E-state index is 0.184. The maximum Gasteiger partial charge on any atom is 0.0549 e. The molecule has 1 heterocycles. The van der Waals surface area contributed by atoms with Gasteiger partial charge in [0.2, 0.25) is 0 Å². The van der Waals surface area contributed by atoms with Crippen molar-refractivity contribution in [3.63, 3.8) is 0 Å². The Bertz CT molecular complexity index is 265. The molecular formula is C9H15N3O. The fourth-order valence-electron chi connectivity index (χ4n) is 1.09. The number of anilines is 2. The average Bonchev–Trinajstić information content (AvgIpc) is 2.04. The smallest absolute Gasteiger partial charge is 0.0549 e. The number of nitrogens with two attached hydrogens (primary N) is 1. The zero-order valence-electron chi connectivity index (χ0n) is 7.70. The van der Waals surface area contributed by atoms with Gasteiger partial charge in [0.15, 0.2) is 0 Å². The zero-order valence-corrected chi connectivity index (χ0v) is 7.70. The van der Waals surface area contributed by atoms with E-state index in [1.54, 1.807) is 12.4 Å². The summed E-state index contributed by atoms with van der Waals surface area (Å²) in [7, 11) is 0. The quantitative estimate of drug-likeness (QED) is 0.644. The van der Waals surface area contributed by atoms with Crippen molar-refractivity contribution in [2.75, 3.05) is 17.7 Å². The van der Waals surface area contributed by atoms with Crippen molar-refractivity contribution < 1.29 is 5.11 Å². The van der Waals surface area contributed by atoms with Gasteiger partial charge in [-0.2, -0.15) is 0 Å². The molecule has 0 spiro atoms. The highest BCUT2D eigenvalue weighted by Gasteiger charge is 2.00. The number of aromatic nitrogens is 1. The maximum absolute atomic E-state index is 8.69. The van der Waals surface area contributed by atoms with Gasteiger partial charge in [0.05, 0.1) is 17.6 Å². The van der Waals surface area contributed by atoms with E-state index in [0.717, 1.165) is 12.1 Å². The number of aliphatic hydroxyl groups is 1. The van der Waals surface area contributed by atoms with Crippen molar-refractivity contribution in [3.05, 3.63) is 18.5 Å². The van der Waals surface area contributed by atoms with Crippen LogP contribution in [0.25, 0.3) is 0 Å². The number of hydrogen-bond acceptors (Lipinski definition) is 4. The van der Waals surface area contributed by atoms with Gasteiger partial charge < -0.3 is 16.2 Å². The van der Waals surface area contributed by atoms with E-state index >= 15 is 0 Å². The van der Waals surface area contributed by atoms with Gasteiger partial charge in [-0.05, 0) is 19.4 Å². The number of nitrogens with zero attached hydrogens (tertiary/aromatic N) is 1. The summed E-state index contributed by atoms with van der Waals surface area (Å²) in [5.74, 6) is 0. The first-order chi connectivity index (χ1) is 6.22. The highest BCUT2D eigenvalue weighted by Crippen LogP contribution is 2.11. The van der Waals surface area contributed by atoms with Crippen LogP contribution in [0.4, 0.5) is 11.4 Å². The fourth-order valence-corrected chi connectivity index (χ4v) is 1.09. The van der Waals surface area contributed by atoms with Gasteiger partial charge >= 0.3 is 0 Å². The first-order valence-corrected chi connectivity index (χ1v) is 4.30. The van der Waals surface area contributed by atoms with Crippen LogP contribution in [-0.4, -0.2) is 22.7 Å². The lowest BCUT2D eigenvalue weighted by atomic mass is 10.2. The van der Waals surface area contributed by atoms with Crippen molar-refractivity contribution in [2.24, 2.45) is 0 Å². The highest BCUT2D eigenvalue weighted by atomic mass is 16.3. The van der Waals surface area contributed by atoms with Gasteiger partial charge in [0.25, 0.3) is 0 Å². The topological polar surface area (TPSA) is 71.2 Å². The van der Waals surface area contributed by atoms with Crippen molar-refractivity contribution in [1.82, 2.24) is 4.98 Å². The van der Waals surface area contributed by atoms with E-state index in [-0.39, 0.29) is 12.6 Å². The predicted molar refractivity (Wildman–Crippen MR) is 53.4 cm³/mol. The molecule has 4 N–H and O–H groups in total. The molecule has 0 saturated heterocycles. The lowest BCUT2D eigenvalue weighted by molar-refractivity contribution is 0.282. The number of aliphatic hydroxyl groups excluding tert-OH is 1. The molecule has 0 aliphatic heterocycles. The second kappa shape index (κ2) is 4.67. The Morgan fingerprint density at radius 2 is 2.38 bits per heavy atom. The molecule has 1 unspecified atom stereocenters. The highest BCUT2D eigenvalue weighted by molar-refractivity contribution is 5.51. The molecule has 1 aromatic rings. The van der Waals surface area contributed by atoms with Crippen LogP contribution in [-0.2, 0) is 0 Å². The molecule has 1 aromatic heterocycles. The van der Waals surface area contributed by atoms with Crippen LogP contribution in [0.1, 0.15) is 13.3 Å². The molecule has 0 saturated carbocycles. The average molecular weight is 181 g/mol. The second-order valence-corrected chi connectivity index (χ2v) is 3.06. The van der Waals surface area contributed by atoms with Crippen molar-refractivity contribution in [3.8, 4) is 0 Å². The Balaban J connectivity index is 2.53. The van der Waals surface area contributed by atoms with Gasteiger partial charge in [0.1, 0.15) is 0 Å². The van der Waals surface area contributed by atoms with E-state index in [0.29, 0.717) is 5.69 Å². The van der Waals surface area contributed by atoms with E-state index in [1.165, 1.54) is 0 Å². The van der Waals surface area contributed by atoms with E-state index in [1.807, 2.05) is 13.0 Å². The molecule has 0 aliphatic rings. The molecule has 0 radical (unpaired) electrons. The van der Waals surface area contributed by atoms with Crippen molar-refractivity contribution in [2.45, 2.75) is 19.4 Å². The summed E-state index contributed by atoms with van der Waals surface area (Å²) < 4.78 is 0. The third kappa shape index (κ3) is 3.29. The predicted octanol–water partition coefficient (Wildman–Crippen LogP) is 0.847. The number of nitrogen functional groups attached to an aromatic ring is 1. The summed E-state index contributed by atoms with van der Waals surface area (Å²) in [5, 5.41) is 11.9. The Labute approximate surface area is 77.8 Å². The first-order valence-electron chi connectivity index (χ1n) is 4.30. The summed E-state index contributed by atoms with van der Waals surface area (Å²) >= 11 is 0. The first kappa shape index (κ1) is 9.80. The number of rotatable bonds is 4. The molecule has 4 nitrogen and oxygen atoms in total. The molecule has 1 rings (SSSR count). The van der Waals surface area contributed by atoms with Crippen LogP contribution < -0.4 is 11.1 Å².